The highest BCUT2D eigenvalue weighted by Crippen LogP contribution is 2.36. The molecule has 1 amide bonds. The van der Waals surface area contributed by atoms with Gasteiger partial charge in [0.25, 0.3) is 0 Å². The van der Waals surface area contributed by atoms with Crippen LogP contribution in [-0.4, -0.2) is 58.0 Å². The summed E-state index contributed by atoms with van der Waals surface area (Å²) in [4.78, 5) is 12.8. The number of aliphatic hydroxyl groups is 1. The molecule has 1 saturated carbocycles. The second-order valence-electron chi connectivity index (χ2n) is 9.66. The molecule has 0 aromatic heterocycles. The van der Waals surface area contributed by atoms with Gasteiger partial charge in [-0.1, -0.05) is 33.6 Å². The highest BCUT2D eigenvalue weighted by Gasteiger charge is 2.34. The van der Waals surface area contributed by atoms with Crippen LogP contribution >= 0.6 is 0 Å². The van der Waals surface area contributed by atoms with Crippen LogP contribution in [0.25, 0.3) is 0 Å². The van der Waals surface area contributed by atoms with Crippen molar-refractivity contribution in [2.75, 3.05) is 12.0 Å². The van der Waals surface area contributed by atoms with E-state index in [2.05, 4.69) is 23.9 Å². The lowest BCUT2D eigenvalue weighted by Crippen LogP contribution is -2.54. The van der Waals surface area contributed by atoms with Crippen LogP contribution in [0.3, 0.4) is 0 Å². The van der Waals surface area contributed by atoms with Crippen LogP contribution in [0.1, 0.15) is 55.7 Å². The quantitative estimate of drug-likeness (QED) is 0.382. The Morgan fingerprint density at radius 2 is 1.79 bits per heavy atom. The zero-order chi connectivity index (χ0) is 25.7. The molecule has 198 valence electrons. The number of halogens is 1. The molecule has 0 saturated heterocycles. The number of benzene rings is 1. The second-order valence-corrected chi connectivity index (χ2v) is 13.5. The van der Waals surface area contributed by atoms with E-state index in [0.717, 1.165) is 49.8 Å². The fourth-order valence-corrected chi connectivity index (χ4v) is 6.82. The van der Waals surface area contributed by atoms with Crippen molar-refractivity contribution in [2.24, 2.45) is 17.8 Å². The minimum Gasteiger partial charge on any atom is -0.391 e. The predicted molar refractivity (Wildman–Crippen MR) is 133 cm³/mol. The van der Waals surface area contributed by atoms with Crippen LogP contribution in [0.15, 0.2) is 29.2 Å². The van der Waals surface area contributed by atoms with Crippen molar-refractivity contribution in [3.63, 3.8) is 0 Å². The highest BCUT2D eigenvalue weighted by molar-refractivity contribution is 7.91. The molecule has 11 heteroatoms. The number of rotatable bonds is 11. The van der Waals surface area contributed by atoms with Crippen LogP contribution < -0.4 is 10.0 Å². The van der Waals surface area contributed by atoms with E-state index >= 15 is 0 Å². The third-order valence-corrected chi connectivity index (χ3v) is 9.11. The van der Waals surface area contributed by atoms with Gasteiger partial charge in [0.15, 0.2) is 9.84 Å². The molecule has 2 rings (SSSR count). The van der Waals surface area contributed by atoms with Crippen LogP contribution in [0, 0.1) is 23.6 Å². The number of sulfonamides is 1. The summed E-state index contributed by atoms with van der Waals surface area (Å²) < 4.78 is 64.5. The lowest BCUT2D eigenvalue weighted by Gasteiger charge is -2.36. The van der Waals surface area contributed by atoms with Crippen LogP contribution in [0.2, 0.25) is 0 Å². The van der Waals surface area contributed by atoms with Crippen LogP contribution in [0.4, 0.5) is 4.39 Å². The van der Waals surface area contributed by atoms with Gasteiger partial charge in [0.1, 0.15) is 11.9 Å². The third-order valence-electron chi connectivity index (χ3n) is 6.63. The first kappa shape index (κ1) is 28.7. The van der Waals surface area contributed by atoms with E-state index in [4.69, 9.17) is 0 Å². The van der Waals surface area contributed by atoms with Crippen molar-refractivity contribution in [3.05, 3.63) is 30.1 Å². The average molecular weight is 525 g/mol. The molecule has 0 aliphatic heterocycles. The standard InChI is InChI=1S/C23H37FN2O6S2.2H2/c1-5-20(22(27)13-17-12-15(2)6-7-16(17)3)25-23(28)21(26-33(4,29)30)14-34(31,32)19-10-8-18(24)9-11-19;;/h8-11,15-17,20-22,26-27H,5-7,12-14H2,1-4H3,(H,25,28);2*1H/t15-,16+,17?,20-,21+,22+;;/m0../s1. The maximum absolute atomic E-state index is 13.2. The predicted octanol–water partition coefficient (Wildman–Crippen LogP) is 2.73. The molecule has 3 N–H and O–H groups in total. The number of amides is 1. The summed E-state index contributed by atoms with van der Waals surface area (Å²) >= 11 is 0. The van der Waals surface area contributed by atoms with Crippen molar-refractivity contribution in [2.45, 2.75) is 76.0 Å². The first-order valence-electron chi connectivity index (χ1n) is 11.7. The van der Waals surface area contributed by atoms with Crippen LogP contribution in [-0.2, 0) is 24.7 Å². The van der Waals surface area contributed by atoms with E-state index in [1.54, 1.807) is 6.92 Å². The Balaban J connectivity index is 0.00000612. The normalized spacial score (nSPS) is 24.2. The molecule has 1 aliphatic rings. The first-order valence-corrected chi connectivity index (χ1v) is 15.2. The van der Waals surface area contributed by atoms with Gasteiger partial charge in [0.05, 0.1) is 29.0 Å². The molecule has 1 unspecified atom stereocenters. The van der Waals surface area contributed by atoms with E-state index in [1.807, 2.05) is 0 Å². The van der Waals surface area contributed by atoms with Gasteiger partial charge in [-0.25, -0.2) is 25.9 Å². The van der Waals surface area contributed by atoms with Gasteiger partial charge in [-0.3, -0.25) is 4.79 Å². The largest absolute Gasteiger partial charge is 0.391 e. The molecule has 1 aromatic carbocycles. The van der Waals surface area contributed by atoms with E-state index in [1.165, 1.54) is 0 Å². The fraction of sp³-hybridized carbons (Fsp3) is 0.696. The highest BCUT2D eigenvalue weighted by atomic mass is 32.2. The molecular formula is C23H41FN2O6S2. The molecule has 0 bridgehead atoms. The number of hydrogen-bond donors (Lipinski definition) is 3. The maximum Gasteiger partial charge on any atom is 0.239 e. The Kier molecular flexibility index (Phi) is 10.1. The number of sulfone groups is 1. The lowest BCUT2D eigenvalue weighted by molar-refractivity contribution is -0.124. The first-order chi connectivity index (χ1) is 15.7. The Labute approximate surface area is 205 Å². The Morgan fingerprint density at radius 3 is 2.35 bits per heavy atom. The van der Waals surface area contributed by atoms with Gasteiger partial charge in [-0.05, 0) is 61.3 Å². The van der Waals surface area contributed by atoms with Gasteiger partial charge in [0.2, 0.25) is 15.9 Å². The molecule has 34 heavy (non-hydrogen) atoms. The van der Waals surface area contributed by atoms with Crippen molar-refractivity contribution >= 4 is 25.8 Å². The summed E-state index contributed by atoms with van der Waals surface area (Å²) in [6.45, 7) is 6.14. The number of aliphatic hydroxyl groups excluding tert-OH is 1. The average Bonchev–Trinajstić information content (AvgIpc) is 2.73. The Bertz CT molecular complexity index is 1040. The van der Waals surface area contributed by atoms with Gasteiger partial charge in [-0.2, -0.15) is 0 Å². The monoisotopic (exact) mass is 524 g/mol. The maximum atomic E-state index is 13.2. The third kappa shape index (κ3) is 8.58. The van der Waals surface area contributed by atoms with Crippen LogP contribution in [0.5, 0.6) is 0 Å². The number of carbonyl (C=O) groups is 1. The van der Waals surface area contributed by atoms with E-state index < -0.39 is 55.5 Å². The zero-order valence-electron chi connectivity index (χ0n) is 20.2. The SMILES string of the molecule is CC[C@H](NC(=O)[C@@H](CS(=O)(=O)c1ccc(F)cc1)NS(C)(=O)=O)[C@H](O)CC1C[C@@H](C)CC[C@H]1C.[HH].[HH]. The van der Waals surface area contributed by atoms with Gasteiger partial charge < -0.3 is 10.4 Å². The Morgan fingerprint density at radius 1 is 1.18 bits per heavy atom. The fourth-order valence-electron chi connectivity index (χ4n) is 4.59. The summed E-state index contributed by atoms with van der Waals surface area (Å²) in [5.41, 5.74) is 0. The number of carbonyl (C=O) groups excluding carboxylic acids is 1. The van der Waals surface area contributed by atoms with Crippen molar-refractivity contribution in [3.8, 4) is 0 Å². The zero-order valence-corrected chi connectivity index (χ0v) is 21.8. The lowest BCUT2D eigenvalue weighted by atomic mass is 9.73. The Hall–Kier alpha value is -1.56. The summed E-state index contributed by atoms with van der Waals surface area (Å²) in [7, 11) is -8.04. The summed E-state index contributed by atoms with van der Waals surface area (Å²) in [6.07, 6.45) is 4.11. The van der Waals surface area contributed by atoms with E-state index in [-0.39, 0.29) is 7.75 Å². The molecule has 1 aromatic rings. The summed E-state index contributed by atoms with van der Waals surface area (Å²) in [5.74, 6) is -0.964. The van der Waals surface area contributed by atoms with E-state index in [0.29, 0.717) is 30.6 Å². The molecule has 0 spiro atoms. The molecule has 6 atom stereocenters. The van der Waals surface area contributed by atoms with Crippen molar-refractivity contribution in [1.29, 1.82) is 0 Å². The summed E-state index contributed by atoms with van der Waals surface area (Å²) in [5, 5.41) is 13.5. The van der Waals surface area contributed by atoms with E-state index in [9.17, 15) is 31.1 Å². The molecule has 1 fully saturated rings. The smallest absolute Gasteiger partial charge is 0.239 e. The molecule has 0 heterocycles. The van der Waals surface area contributed by atoms with Gasteiger partial charge in [0, 0.05) is 2.85 Å². The number of nitrogens with one attached hydrogen (secondary N) is 2. The number of hydrogen-bond acceptors (Lipinski definition) is 6. The molecule has 0 radical (unpaired) electrons. The minimum absolute atomic E-state index is 0. The second kappa shape index (κ2) is 11.9. The molecule has 8 nitrogen and oxygen atoms in total. The molecule has 1 aliphatic carbocycles. The molecular weight excluding hydrogens is 483 g/mol. The topological polar surface area (TPSA) is 130 Å². The minimum atomic E-state index is -4.11. The van der Waals surface area contributed by atoms with Crippen molar-refractivity contribution in [1.82, 2.24) is 10.0 Å². The van der Waals surface area contributed by atoms with Crippen molar-refractivity contribution < 1.29 is 34.0 Å². The summed E-state index contributed by atoms with van der Waals surface area (Å²) in [6, 6.07) is 1.80. The van der Waals surface area contributed by atoms with Gasteiger partial charge >= 0.3 is 0 Å². The van der Waals surface area contributed by atoms with Gasteiger partial charge in [-0.15, -0.1) is 0 Å².